The minimum Gasteiger partial charge on any atom is -0.0622 e. The van der Waals surface area contributed by atoms with E-state index in [1.54, 1.807) is 5.57 Å². The third kappa shape index (κ3) is 1.85. The molecule has 0 aliphatic heterocycles. The van der Waals surface area contributed by atoms with Crippen molar-refractivity contribution < 1.29 is 0 Å². The highest BCUT2D eigenvalue weighted by molar-refractivity contribution is 5.91. The maximum Gasteiger partial charge on any atom is 0.0314 e. The molecule has 0 heteroatoms. The summed E-state index contributed by atoms with van der Waals surface area (Å²) in [6, 6.07) is 28.9. The zero-order valence-electron chi connectivity index (χ0n) is 13.0. The van der Waals surface area contributed by atoms with Gasteiger partial charge in [-0.15, -0.1) is 0 Å². The van der Waals surface area contributed by atoms with Crippen LogP contribution in [-0.2, 0) is 6.42 Å². The lowest BCUT2D eigenvalue weighted by Crippen LogP contribution is -2.07. The van der Waals surface area contributed by atoms with E-state index in [9.17, 15) is 0 Å². The molecule has 0 spiro atoms. The predicted molar refractivity (Wildman–Crippen MR) is 95.5 cm³/mol. The van der Waals surface area contributed by atoms with Gasteiger partial charge in [0.1, 0.15) is 0 Å². The van der Waals surface area contributed by atoms with Crippen molar-refractivity contribution in [2.24, 2.45) is 0 Å². The standard InChI is InChI=1S/C23H18/c1-2-9-17(10-3-1)22-19-12-6-7-13-20(19)23-18-11-5-4-8-16(18)14-15-21(22)23/h1-13,22H,14-15H2. The van der Waals surface area contributed by atoms with E-state index in [0.29, 0.717) is 5.92 Å². The van der Waals surface area contributed by atoms with E-state index in [1.807, 2.05) is 0 Å². The van der Waals surface area contributed by atoms with Gasteiger partial charge in [0, 0.05) is 5.92 Å². The Morgan fingerprint density at radius 1 is 0.609 bits per heavy atom. The molecule has 0 saturated heterocycles. The Hall–Kier alpha value is -2.60. The molecule has 0 aromatic heterocycles. The van der Waals surface area contributed by atoms with Gasteiger partial charge in [-0.25, -0.2) is 0 Å². The van der Waals surface area contributed by atoms with Crippen LogP contribution in [0, 0.1) is 0 Å². The Morgan fingerprint density at radius 2 is 1.30 bits per heavy atom. The van der Waals surface area contributed by atoms with Crippen LogP contribution in [0.15, 0.2) is 84.4 Å². The number of hydrogen-bond acceptors (Lipinski definition) is 0. The second kappa shape index (κ2) is 4.96. The third-order valence-corrected chi connectivity index (χ3v) is 5.29. The summed E-state index contributed by atoms with van der Waals surface area (Å²) in [7, 11) is 0. The SMILES string of the molecule is c1ccc(C2C3=C(c4ccccc4CC3)c3ccccc32)cc1. The molecule has 0 bridgehead atoms. The van der Waals surface area contributed by atoms with Crippen LogP contribution in [0.5, 0.6) is 0 Å². The number of rotatable bonds is 1. The smallest absolute Gasteiger partial charge is 0.0314 e. The molecule has 3 aromatic carbocycles. The van der Waals surface area contributed by atoms with E-state index < -0.39 is 0 Å². The minimum atomic E-state index is 0.427. The van der Waals surface area contributed by atoms with Crippen LogP contribution in [0.25, 0.3) is 5.57 Å². The molecule has 0 nitrogen and oxygen atoms in total. The van der Waals surface area contributed by atoms with Gasteiger partial charge in [0.2, 0.25) is 0 Å². The molecule has 0 saturated carbocycles. The Labute approximate surface area is 137 Å². The van der Waals surface area contributed by atoms with E-state index in [1.165, 1.54) is 39.8 Å². The van der Waals surface area contributed by atoms with E-state index >= 15 is 0 Å². The fraction of sp³-hybridized carbons (Fsp3) is 0.130. The average Bonchev–Trinajstić information content (AvgIpc) is 2.97. The van der Waals surface area contributed by atoms with Crippen LogP contribution in [0.1, 0.15) is 40.2 Å². The molecule has 0 fully saturated rings. The van der Waals surface area contributed by atoms with E-state index in [-0.39, 0.29) is 0 Å². The number of allylic oxidation sites excluding steroid dienone is 1. The zero-order valence-corrected chi connectivity index (χ0v) is 13.0. The quantitative estimate of drug-likeness (QED) is 0.549. The van der Waals surface area contributed by atoms with Crippen molar-refractivity contribution in [1.29, 1.82) is 0 Å². The minimum absolute atomic E-state index is 0.427. The summed E-state index contributed by atoms with van der Waals surface area (Å²) >= 11 is 0. The van der Waals surface area contributed by atoms with Crippen molar-refractivity contribution >= 4 is 5.57 Å². The summed E-state index contributed by atoms with van der Waals surface area (Å²) < 4.78 is 0. The molecule has 0 amide bonds. The second-order valence-electron chi connectivity index (χ2n) is 6.49. The van der Waals surface area contributed by atoms with Gasteiger partial charge in [-0.3, -0.25) is 0 Å². The lowest BCUT2D eigenvalue weighted by molar-refractivity contribution is 0.834. The summed E-state index contributed by atoms with van der Waals surface area (Å²) in [6.07, 6.45) is 2.33. The normalized spacial score (nSPS) is 18.3. The fourth-order valence-electron chi connectivity index (χ4n) is 4.35. The third-order valence-electron chi connectivity index (χ3n) is 5.29. The van der Waals surface area contributed by atoms with E-state index in [2.05, 4.69) is 78.9 Å². The van der Waals surface area contributed by atoms with E-state index in [0.717, 1.165) is 6.42 Å². The molecule has 110 valence electrons. The number of hydrogen-bond donors (Lipinski definition) is 0. The molecule has 23 heavy (non-hydrogen) atoms. The maximum atomic E-state index is 2.31. The highest BCUT2D eigenvalue weighted by Gasteiger charge is 2.34. The van der Waals surface area contributed by atoms with Crippen molar-refractivity contribution in [1.82, 2.24) is 0 Å². The average molecular weight is 294 g/mol. The summed E-state index contributed by atoms with van der Waals surface area (Å²) in [4.78, 5) is 0. The predicted octanol–water partition coefficient (Wildman–Crippen LogP) is 5.58. The first-order valence-corrected chi connectivity index (χ1v) is 8.39. The van der Waals surface area contributed by atoms with Crippen molar-refractivity contribution in [3.8, 4) is 0 Å². The first kappa shape index (κ1) is 12.9. The van der Waals surface area contributed by atoms with Crippen LogP contribution >= 0.6 is 0 Å². The monoisotopic (exact) mass is 294 g/mol. The van der Waals surface area contributed by atoms with Crippen molar-refractivity contribution in [3.63, 3.8) is 0 Å². The Balaban J connectivity index is 1.80. The van der Waals surface area contributed by atoms with Crippen LogP contribution < -0.4 is 0 Å². The highest BCUT2D eigenvalue weighted by atomic mass is 14.4. The van der Waals surface area contributed by atoms with Gasteiger partial charge in [-0.05, 0) is 51.8 Å². The van der Waals surface area contributed by atoms with Gasteiger partial charge in [0.15, 0.2) is 0 Å². The van der Waals surface area contributed by atoms with Crippen LogP contribution in [0.4, 0.5) is 0 Å². The Morgan fingerprint density at radius 3 is 2.17 bits per heavy atom. The van der Waals surface area contributed by atoms with Crippen molar-refractivity contribution in [2.45, 2.75) is 18.8 Å². The van der Waals surface area contributed by atoms with Gasteiger partial charge in [0.05, 0.1) is 0 Å². The summed E-state index contributed by atoms with van der Waals surface area (Å²) in [5.74, 6) is 0.427. The highest BCUT2D eigenvalue weighted by Crippen LogP contribution is 2.52. The Kier molecular flexibility index (Phi) is 2.78. The largest absolute Gasteiger partial charge is 0.0622 e. The first-order valence-electron chi connectivity index (χ1n) is 8.39. The lowest BCUT2D eigenvalue weighted by atomic mass is 9.81. The van der Waals surface area contributed by atoms with Crippen molar-refractivity contribution in [2.75, 3.05) is 0 Å². The molecule has 0 heterocycles. The van der Waals surface area contributed by atoms with Gasteiger partial charge >= 0.3 is 0 Å². The van der Waals surface area contributed by atoms with Gasteiger partial charge in [-0.1, -0.05) is 78.9 Å². The molecule has 1 unspecified atom stereocenters. The molecular weight excluding hydrogens is 276 g/mol. The summed E-state index contributed by atoms with van der Waals surface area (Å²) in [5.41, 5.74) is 10.4. The number of fused-ring (bicyclic) bond motifs is 4. The second-order valence-corrected chi connectivity index (χ2v) is 6.49. The molecule has 2 aliphatic rings. The molecule has 2 aliphatic carbocycles. The summed E-state index contributed by atoms with van der Waals surface area (Å²) in [6.45, 7) is 0. The zero-order chi connectivity index (χ0) is 15.2. The first-order chi connectivity index (χ1) is 11.4. The molecule has 3 aromatic rings. The van der Waals surface area contributed by atoms with Crippen LogP contribution in [0.3, 0.4) is 0 Å². The Bertz CT molecular complexity index is 916. The number of benzene rings is 3. The molecular formula is C23H18. The lowest BCUT2D eigenvalue weighted by Gasteiger charge is -2.23. The van der Waals surface area contributed by atoms with Crippen molar-refractivity contribution in [3.05, 3.63) is 112 Å². The fourth-order valence-corrected chi connectivity index (χ4v) is 4.35. The number of aryl methyl sites for hydroxylation is 1. The summed E-state index contributed by atoms with van der Waals surface area (Å²) in [5, 5.41) is 0. The van der Waals surface area contributed by atoms with Gasteiger partial charge in [0.25, 0.3) is 0 Å². The molecule has 0 N–H and O–H groups in total. The molecule has 0 radical (unpaired) electrons. The van der Waals surface area contributed by atoms with Gasteiger partial charge < -0.3 is 0 Å². The van der Waals surface area contributed by atoms with Crippen LogP contribution in [-0.4, -0.2) is 0 Å². The van der Waals surface area contributed by atoms with E-state index in [4.69, 9.17) is 0 Å². The molecule has 5 rings (SSSR count). The van der Waals surface area contributed by atoms with Gasteiger partial charge in [-0.2, -0.15) is 0 Å². The topological polar surface area (TPSA) is 0 Å². The maximum absolute atomic E-state index is 2.31. The molecule has 1 atom stereocenters. The van der Waals surface area contributed by atoms with Crippen LogP contribution in [0.2, 0.25) is 0 Å².